The highest BCUT2D eigenvalue weighted by Crippen LogP contribution is 2.31. The van der Waals surface area contributed by atoms with Gasteiger partial charge in [0.1, 0.15) is 6.61 Å². The minimum absolute atomic E-state index is 0.476. The first-order chi connectivity index (χ1) is 6.97. The van der Waals surface area contributed by atoms with Gasteiger partial charge in [0.15, 0.2) is 5.69 Å². The van der Waals surface area contributed by atoms with Crippen molar-refractivity contribution in [2.24, 2.45) is 0 Å². The topological polar surface area (TPSA) is 76.3 Å². The second kappa shape index (κ2) is 4.45. The first kappa shape index (κ1) is 11.7. The zero-order chi connectivity index (χ0) is 11.6. The second-order valence-corrected chi connectivity index (χ2v) is 2.95. The fraction of sp³-hybridized carbons (Fsp3) is 0.286. The van der Waals surface area contributed by atoms with Gasteiger partial charge in [0.05, 0.1) is 16.7 Å². The molecule has 0 bridgehead atoms. The second-order valence-electron chi connectivity index (χ2n) is 2.54. The summed E-state index contributed by atoms with van der Waals surface area (Å²) in [5, 5.41) is 18.6. The highest BCUT2D eigenvalue weighted by molar-refractivity contribution is 6.31. The molecule has 0 radical (unpaired) electrons. The summed E-state index contributed by atoms with van der Waals surface area (Å²) in [7, 11) is 0. The number of hydrogen-bond donors (Lipinski definition) is 1. The third kappa shape index (κ3) is 2.37. The molecule has 1 aromatic heterocycles. The van der Waals surface area contributed by atoms with Crippen LogP contribution in [0.5, 0.6) is 0 Å². The minimum Gasteiger partial charge on any atom is -0.388 e. The molecule has 8 heteroatoms. The minimum atomic E-state index is -2.94. The molecule has 0 spiro atoms. The van der Waals surface area contributed by atoms with Crippen LogP contribution in [-0.2, 0) is 6.61 Å². The van der Waals surface area contributed by atoms with Crippen molar-refractivity contribution in [3.8, 4) is 0 Å². The van der Waals surface area contributed by atoms with Gasteiger partial charge in [-0.25, -0.2) is 8.78 Å². The molecule has 0 aliphatic heterocycles. The van der Waals surface area contributed by atoms with Gasteiger partial charge >= 0.3 is 5.82 Å². The number of nitrogens with zero attached hydrogens (tertiary/aromatic N) is 2. The van der Waals surface area contributed by atoms with Crippen LogP contribution >= 0.6 is 11.6 Å². The smallest absolute Gasteiger partial charge is 0.365 e. The lowest BCUT2D eigenvalue weighted by Crippen LogP contribution is -2.03. The highest BCUT2D eigenvalue weighted by atomic mass is 35.5. The summed E-state index contributed by atoms with van der Waals surface area (Å²) in [6.45, 7) is -0.832. The molecule has 0 saturated carbocycles. The monoisotopic (exact) mass is 238 g/mol. The first-order valence-electron chi connectivity index (χ1n) is 3.70. The Morgan fingerprint density at radius 3 is 2.67 bits per heavy atom. The Kier molecular flexibility index (Phi) is 3.48. The van der Waals surface area contributed by atoms with Crippen LogP contribution < -0.4 is 0 Å². The summed E-state index contributed by atoms with van der Waals surface area (Å²) < 4.78 is 24.8. The Bertz CT molecular complexity index is 400. The molecule has 1 aromatic rings. The van der Waals surface area contributed by atoms with Crippen molar-refractivity contribution in [3.63, 3.8) is 0 Å². The fourth-order valence-corrected chi connectivity index (χ4v) is 1.29. The number of nitro groups is 1. The van der Waals surface area contributed by atoms with Crippen molar-refractivity contribution in [1.82, 2.24) is 4.98 Å². The van der Waals surface area contributed by atoms with Crippen molar-refractivity contribution in [2.45, 2.75) is 13.0 Å². The molecule has 1 rings (SSSR count). The van der Waals surface area contributed by atoms with E-state index in [-0.39, 0.29) is 0 Å². The average molecular weight is 239 g/mol. The summed E-state index contributed by atoms with van der Waals surface area (Å²) in [4.78, 5) is 12.7. The lowest BCUT2D eigenvalue weighted by Gasteiger charge is -2.04. The van der Waals surface area contributed by atoms with Crippen LogP contribution in [0.1, 0.15) is 17.7 Å². The molecule has 0 fully saturated rings. The summed E-state index contributed by atoms with van der Waals surface area (Å²) >= 11 is 5.42. The van der Waals surface area contributed by atoms with E-state index in [9.17, 15) is 18.9 Å². The van der Waals surface area contributed by atoms with Gasteiger partial charge in [-0.05, 0) is 9.91 Å². The van der Waals surface area contributed by atoms with Crippen molar-refractivity contribution in [1.29, 1.82) is 0 Å². The lowest BCUT2D eigenvalue weighted by atomic mass is 10.2. The number of aliphatic hydroxyl groups is 1. The number of pyridine rings is 1. The van der Waals surface area contributed by atoms with E-state index in [0.717, 1.165) is 6.07 Å². The molecule has 82 valence electrons. The van der Waals surface area contributed by atoms with Crippen molar-refractivity contribution in [2.75, 3.05) is 0 Å². The third-order valence-electron chi connectivity index (χ3n) is 1.63. The normalized spacial score (nSPS) is 10.7. The molecule has 0 amide bonds. The number of aromatic nitrogens is 1. The van der Waals surface area contributed by atoms with Gasteiger partial charge in [0, 0.05) is 0 Å². The standard InChI is InChI=1S/C7H5ClF2N2O3/c8-3-1-5(12(14)15)11-4(2-13)6(3)7(9)10/h1,7,13H,2H2. The van der Waals surface area contributed by atoms with E-state index in [1.54, 1.807) is 0 Å². The maximum absolute atomic E-state index is 12.4. The van der Waals surface area contributed by atoms with Gasteiger partial charge in [0.25, 0.3) is 6.43 Å². The van der Waals surface area contributed by atoms with Crippen molar-refractivity contribution in [3.05, 3.63) is 32.5 Å². The van der Waals surface area contributed by atoms with Crippen LogP contribution in [0.25, 0.3) is 0 Å². The van der Waals surface area contributed by atoms with Gasteiger partial charge in [-0.2, -0.15) is 0 Å². The SMILES string of the molecule is O=[N+]([O-])c1cc(Cl)c(C(F)F)c(CO)n1. The molecule has 0 atom stereocenters. The van der Waals surface area contributed by atoms with Crippen LogP contribution in [0.15, 0.2) is 6.07 Å². The van der Waals surface area contributed by atoms with E-state index in [1.807, 2.05) is 0 Å². The van der Waals surface area contributed by atoms with Crippen LogP contribution in [-0.4, -0.2) is 15.0 Å². The number of halogens is 3. The van der Waals surface area contributed by atoms with Crippen molar-refractivity contribution >= 4 is 17.4 Å². The predicted octanol–water partition coefficient (Wildman–Crippen LogP) is 2.07. The number of alkyl halides is 2. The van der Waals surface area contributed by atoms with Crippen molar-refractivity contribution < 1.29 is 18.8 Å². The van der Waals surface area contributed by atoms with E-state index in [1.165, 1.54) is 0 Å². The zero-order valence-corrected chi connectivity index (χ0v) is 7.91. The summed E-state index contributed by atoms with van der Waals surface area (Å²) in [5.74, 6) is -0.673. The molecular weight excluding hydrogens is 234 g/mol. The maximum atomic E-state index is 12.4. The molecular formula is C7H5ClF2N2O3. The van der Waals surface area contributed by atoms with E-state index in [0.29, 0.717) is 0 Å². The molecule has 5 nitrogen and oxygen atoms in total. The van der Waals surface area contributed by atoms with Crippen LogP contribution in [0, 0.1) is 10.1 Å². The molecule has 0 saturated heterocycles. The van der Waals surface area contributed by atoms with E-state index >= 15 is 0 Å². The molecule has 1 N–H and O–H groups in total. The maximum Gasteiger partial charge on any atom is 0.365 e. The fourth-order valence-electron chi connectivity index (χ4n) is 1.00. The van der Waals surface area contributed by atoms with Gasteiger partial charge < -0.3 is 15.2 Å². The molecule has 0 aliphatic rings. The number of aliphatic hydroxyl groups excluding tert-OH is 1. The number of hydrogen-bond acceptors (Lipinski definition) is 4. The van der Waals surface area contributed by atoms with Crippen LogP contribution in [0.3, 0.4) is 0 Å². The lowest BCUT2D eigenvalue weighted by molar-refractivity contribution is -0.389. The Morgan fingerprint density at radius 1 is 1.67 bits per heavy atom. The van der Waals surface area contributed by atoms with Crippen LogP contribution in [0.2, 0.25) is 5.02 Å². The van der Waals surface area contributed by atoms with Gasteiger partial charge in [-0.15, -0.1) is 0 Å². The van der Waals surface area contributed by atoms with Crippen LogP contribution in [0.4, 0.5) is 14.6 Å². The largest absolute Gasteiger partial charge is 0.388 e. The molecule has 1 heterocycles. The Morgan fingerprint density at radius 2 is 2.27 bits per heavy atom. The third-order valence-corrected chi connectivity index (χ3v) is 1.94. The molecule has 0 aliphatic carbocycles. The quantitative estimate of drug-likeness (QED) is 0.646. The van der Waals surface area contributed by atoms with Gasteiger partial charge in [0.2, 0.25) is 0 Å². The number of rotatable bonds is 3. The Labute approximate surface area is 87.5 Å². The van der Waals surface area contributed by atoms with E-state index in [2.05, 4.69) is 4.98 Å². The average Bonchev–Trinajstić information content (AvgIpc) is 2.15. The summed E-state index contributed by atoms with van der Waals surface area (Å²) in [5.41, 5.74) is -1.16. The first-order valence-corrected chi connectivity index (χ1v) is 4.08. The Balaban J connectivity index is 3.37. The summed E-state index contributed by atoms with van der Waals surface area (Å²) in [6.07, 6.45) is -2.94. The van der Waals surface area contributed by atoms with E-state index < -0.39 is 40.1 Å². The predicted molar refractivity (Wildman–Crippen MR) is 46.8 cm³/mol. The highest BCUT2D eigenvalue weighted by Gasteiger charge is 2.25. The molecule has 15 heavy (non-hydrogen) atoms. The Hall–Kier alpha value is -1.34. The summed E-state index contributed by atoms with van der Waals surface area (Å²) in [6, 6.07) is 0.724. The zero-order valence-electron chi connectivity index (χ0n) is 7.15. The van der Waals surface area contributed by atoms with Gasteiger partial charge in [-0.1, -0.05) is 11.6 Å². The van der Waals surface area contributed by atoms with Gasteiger partial charge in [-0.3, -0.25) is 0 Å². The molecule has 0 aromatic carbocycles. The van der Waals surface area contributed by atoms with E-state index in [4.69, 9.17) is 16.7 Å². The molecule has 0 unspecified atom stereocenters.